The molecule has 8 aromatic carbocycles. The van der Waals surface area contributed by atoms with Crippen LogP contribution in [-0.4, -0.2) is 29.1 Å². The Kier molecular flexibility index (Phi) is 6.56. The molecule has 0 aliphatic heterocycles. The van der Waals surface area contributed by atoms with Crippen molar-refractivity contribution in [1.29, 1.82) is 0 Å². The lowest BCUT2D eigenvalue weighted by molar-refractivity contribution is 0.669. The standard InChI is InChI=1S/C52H28N6O2S/c1-6-22-40-29(13-1)33-27-28-34-30-14-2-7-23-41(30)58(52-53-39-21-5-10-26-44(39)61-52)46(34)45(33)57(40)51-55-49(37-19-11-17-35-31-15-3-8-24-42(31)59-47(35)37)54-50(56-51)38-20-12-18-36-32-16-4-9-25-43(32)60-48(36)38/h1-28H. The van der Waals surface area contributed by atoms with Crippen LogP contribution >= 0.6 is 11.3 Å². The molecule has 284 valence electrons. The largest absolute Gasteiger partial charge is 0.455 e. The smallest absolute Gasteiger partial charge is 0.238 e. The fraction of sp³-hybridized carbons (Fsp3) is 0. The van der Waals surface area contributed by atoms with Gasteiger partial charge < -0.3 is 8.83 Å². The maximum Gasteiger partial charge on any atom is 0.238 e. The van der Waals surface area contributed by atoms with Gasteiger partial charge in [-0.3, -0.25) is 9.13 Å². The lowest BCUT2D eigenvalue weighted by Crippen LogP contribution is -2.07. The average molecular weight is 801 g/mol. The zero-order valence-corrected chi connectivity index (χ0v) is 32.9. The van der Waals surface area contributed by atoms with Gasteiger partial charge in [-0.25, -0.2) is 9.97 Å². The van der Waals surface area contributed by atoms with E-state index in [2.05, 4.69) is 112 Å². The van der Waals surface area contributed by atoms with Crippen LogP contribution in [-0.2, 0) is 0 Å². The molecule has 8 nitrogen and oxygen atoms in total. The van der Waals surface area contributed by atoms with Crippen molar-refractivity contribution in [2.24, 2.45) is 0 Å². The summed E-state index contributed by atoms with van der Waals surface area (Å²) in [6.07, 6.45) is 0. The summed E-state index contributed by atoms with van der Waals surface area (Å²) in [6, 6.07) is 58.4. The van der Waals surface area contributed by atoms with E-state index in [1.807, 2.05) is 66.7 Å². The summed E-state index contributed by atoms with van der Waals surface area (Å²) in [6.45, 7) is 0. The molecular formula is C52H28N6O2S. The van der Waals surface area contributed by atoms with Crippen LogP contribution in [0.25, 0.3) is 132 Å². The number of para-hydroxylation sites is 7. The van der Waals surface area contributed by atoms with Crippen molar-refractivity contribution in [3.63, 3.8) is 0 Å². The predicted octanol–water partition coefficient (Wildman–Crippen LogP) is 13.8. The molecule has 0 saturated carbocycles. The number of nitrogens with zero attached hydrogens (tertiary/aromatic N) is 6. The Hall–Kier alpha value is -8.14. The second-order valence-corrected chi connectivity index (χ2v) is 16.4. The Morgan fingerprint density at radius 3 is 1.48 bits per heavy atom. The van der Waals surface area contributed by atoms with E-state index >= 15 is 0 Å². The highest BCUT2D eigenvalue weighted by Gasteiger charge is 2.26. The summed E-state index contributed by atoms with van der Waals surface area (Å²) >= 11 is 1.69. The molecular weight excluding hydrogens is 773 g/mol. The number of furan rings is 2. The van der Waals surface area contributed by atoms with Crippen molar-refractivity contribution in [3.8, 4) is 33.9 Å². The van der Waals surface area contributed by atoms with Crippen molar-refractivity contribution in [2.45, 2.75) is 0 Å². The van der Waals surface area contributed by atoms with E-state index in [0.717, 1.165) is 103 Å². The molecule has 0 unspecified atom stereocenters. The third-order valence-corrected chi connectivity index (χ3v) is 13.1. The van der Waals surface area contributed by atoms with E-state index < -0.39 is 0 Å². The molecule has 0 fully saturated rings. The Bertz CT molecular complexity index is 3980. The Labute approximate surface area is 349 Å². The van der Waals surface area contributed by atoms with Crippen LogP contribution < -0.4 is 0 Å². The normalized spacial score (nSPS) is 12.3. The first kappa shape index (κ1) is 32.8. The number of benzene rings is 8. The minimum absolute atomic E-state index is 0.473. The third kappa shape index (κ3) is 4.58. The van der Waals surface area contributed by atoms with Crippen LogP contribution in [0.2, 0.25) is 0 Å². The topological polar surface area (TPSA) is 87.7 Å². The maximum atomic E-state index is 6.61. The predicted molar refractivity (Wildman–Crippen MR) is 247 cm³/mol. The molecule has 0 N–H and O–H groups in total. The van der Waals surface area contributed by atoms with E-state index in [-0.39, 0.29) is 0 Å². The fourth-order valence-electron chi connectivity index (χ4n) is 9.42. The van der Waals surface area contributed by atoms with E-state index in [1.54, 1.807) is 11.3 Å². The molecule has 0 atom stereocenters. The van der Waals surface area contributed by atoms with Gasteiger partial charge in [-0.15, -0.1) is 0 Å². The van der Waals surface area contributed by atoms with Gasteiger partial charge >= 0.3 is 0 Å². The van der Waals surface area contributed by atoms with Gasteiger partial charge in [-0.05, 0) is 48.5 Å². The molecule has 0 bridgehead atoms. The highest BCUT2D eigenvalue weighted by Crippen LogP contribution is 2.44. The zero-order chi connectivity index (χ0) is 39.8. The van der Waals surface area contributed by atoms with Crippen LogP contribution in [0, 0.1) is 0 Å². The van der Waals surface area contributed by atoms with E-state index in [0.29, 0.717) is 28.8 Å². The number of aromatic nitrogens is 6. The van der Waals surface area contributed by atoms with Gasteiger partial charge in [-0.1, -0.05) is 133 Å². The van der Waals surface area contributed by atoms with Crippen LogP contribution in [0.1, 0.15) is 0 Å². The van der Waals surface area contributed by atoms with Gasteiger partial charge in [0.25, 0.3) is 0 Å². The Morgan fingerprint density at radius 2 is 0.869 bits per heavy atom. The van der Waals surface area contributed by atoms with Crippen LogP contribution in [0.3, 0.4) is 0 Å². The molecule has 9 heteroatoms. The van der Waals surface area contributed by atoms with Gasteiger partial charge in [0.15, 0.2) is 16.8 Å². The third-order valence-electron chi connectivity index (χ3n) is 12.1. The number of rotatable bonds is 4. The SMILES string of the molecule is c1ccc2sc(-n3c4ccccc4c4ccc5c6ccccc6n(-c6nc(-c7cccc8c7oc7ccccc78)nc(-c7cccc8c7oc7ccccc78)n6)c5c43)nc2c1. The summed E-state index contributed by atoms with van der Waals surface area (Å²) in [5.74, 6) is 1.45. The number of hydrogen-bond donors (Lipinski definition) is 0. The molecule has 0 aliphatic rings. The van der Waals surface area contributed by atoms with E-state index in [9.17, 15) is 0 Å². The van der Waals surface area contributed by atoms with Crippen molar-refractivity contribution in [1.82, 2.24) is 29.1 Å². The molecule has 0 saturated heterocycles. The quantitative estimate of drug-likeness (QED) is 0.176. The first-order valence-corrected chi connectivity index (χ1v) is 21.0. The highest BCUT2D eigenvalue weighted by molar-refractivity contribution is 7.20. The lowest BCUT2D eigenvalue weighted by atomic mass is 10.1. The minimum Gasteiger partial charge on any atom is -0.455 e. The van der Waals surface area contributed by atoms with Gasteiger partial charge in [0.2, 0.25) is 5.95 Å². The molecule has 0 radical (unpaired) electrons. The van der Waals surface area contributed by atoms with E-state index in [4.69, 9.17) is 28.8 Å². The number of thiazole rings is 1. The first-order chi connectivity index (χ1) is 30.2. The summed E-state index contributed by atoms with van der Waals surface area (Å²) in [7, 11) is 0. The van der Waals surface area contributed by atoms with Gasteiger partial charge in [0, 0.05) is 43.1 Å². The molecule has 6 heterocycles. The molecule has 61 heavy (non-hydrogen) atoms. The maximum absolute atomic E-state index is 6.61. The first-order valence-electron chi connectivity index (χ1n) is 20.1. The molecule has 14 aromatic rings. The molecule has 0 spiro atoms. The fourth-order valence-corrected chi connectivity index (χ4v) is 10.4. The van der Waals surface area contributed by atoms with Crippen LogP contribution in [0.5, 0.6) is 0 Å². The van der Waals surface area contributed by atoms with Gasteiger partial charge in [-0.2, -0.15) is 9.97 Å². The Morgan fingerprint density at radius 1 is 0.377 bits per heavy atom. The van der Waals surface area contributed by atoms with Crippen molar-refractivity contribution in [2.75, 3.05) is 0 Å². The van der Waals surface area contributed by atoms with Gasteiger partial charge in [0.1, 0.15) is 22.3 Å². The molecule has 14 rings (SSSR count). The summed E-state index contributed by atoms with van der Waals surface area (Å²) < 4.78 is 18.9. The van der Waals surface area contributed by atoms with E-state index in [1.165, 1.54) is 0 Å². The Balaban J connectivity index is 1.14. The lowest BCUT2D eigenvalue weighted by Gasteiger charge is -2.12. The van der Waals surface area contributed by atoms with Crippen LogP contribution in [0.15, 0.2) is 179 Å². The second-order valence-electron chi connectivity index (χ2n) is 15.4. The van der Waals surface area contributed by atoms with Crippen molar-refractivity contribution >= 4 is 109 Å². The minimum atomic E-state index is 0.473. The van der Waals surface area contributed by atoms with Gasteiger partial charge in [0.05, 0.1) is 43.4 Å². The summed E-state index contributed by atoms with van der Waals surface area (Å²) in [4.78, 5) is 21.4. The van der Waals surface area contributed by atoms with Crippen molar-refractivity contribution in [3.05, 3.63) is 170 Å². The highest BCUT2D eigenvalue weighted by atomic mass is 32.1. The zero-order valence-electron chi connectivity index (χ0n) is 32.1. The number of hydrogen-bond acceptors (Lipinski definition) is 7. The number of fused-ring (bicyclic) bond motifs is 14. The molecule has 0 aliphatic carbocycles. The summed E-state index contributed by atoms with van der Waals surface area (Å²) in [5, 5.41) is 9.37. The second kappa shape index (κ2) is 12.2. The van der Waals surface area contributed by atoms with Crippen LogP contribution in [0.4, 0.5) is 0 Å². The monoisotopic (exact) mass is 800 g/mol. The van der Waals surface area contributed by atoms with Crippen molar-refractivity contribution < 1.29 is 8.83 Å². The molecule has 0 amide bonds. The average Bonchev–Trinajstić information content (AvgIpc) is 4.14. The summed E-state index contributed by atoms with van der Waals surface area (Å²) in [5.41, 5.74) is 9.59. The molecule has 6 aromatic heterocycles.